The van der Waals surface area contributed by atoms with E-state index in [1.165, 1.54) is 0 Å². The molecule has 1 aliphatic rings. The van der Waals surface area contributed by atoms with Crippen molar-refractivity contribution in [3.63, 3.8) is 0 Å². The van der Waals surface area contributed by atoms with Crippen LogP contribution in [0, 0.1) is 11.3 Å². The molecule has 1 aliphatic heterocycles. The highest BCUT2D eigenvalue weighted by atomic mass is 16.5. The van der Waals surface area contributed by atoms with Gasteiger partial charge in [0.1, 0.15) is 29.7 Å². The van der Waals surface area contributed by atoms with Gasteiger partial charge in [0.25, 0.3) is 5.91 Å². The lowest BCUT2D eigenvalue weighted by Crippen LogP contribution is -2.15. The Morgan fingerprint density at radius 2 is 2.04 bits per heavy atom. The van der Waals surface area contributed by atoms with E-state index in [-0.39, 0.29) is 5.57 Å². The summed E-state index contributed by atoms with van der Waals surface area (Å²) in [4.78, 5) is 12.4. The van der Waals surface area contributed by atoms with Crippen LogP contribution >= 0.6 is 0 Å². The Morgan fingerprint density at radius 3 is 2.77 bits per heavy atom. The molecule has 0 saturated heterocycles. The van der Waals surface area contributed by atoms with Gasteiger partial charge in [0.15, 0.2) is 0 Å². The molecule has 0 fully saturated rings. The number of amides is 1. The zero-order chi connectivity index (χ0) is 18.4. The van der Waals surface area contributed by atoms with Crippen molar-refractivity contribution in [1.82, 2.24) is 0 Å². The van der Waals surface area contributed by atoms with Crippen LogP contribution in [0.25, 0.3) is 6.08 Å². The largest absolute Gasteiger partial charge is 0.494 e. The Balaban J connectivity index is 1.74. The number of anilines is 1. The summed E-state index contributed by atoms with van der Waals surface area (Å²) >= 11 is 0. The molecule has 2 aromatic rings. The maximum absolute atomic E-state index is 12.4. The minimum absolute atomic E-state index is 0.0214. The summed E-state index contributed by atoms with van der Waals surface area (Å²) in [5.41, 5.74) is 2.31. The fourth-order valence-corrected chi connectivity index (χ4v) is 2.55. The predicted molar refractivity (Wildman–Crippen MR) is 99.9 cm³/mol. The average Bonchev–Trinajstić information content (AvgIpc) is 2.67. The lowest BCUT2D eigenvalue weighted by Gasteiger charge is -2.16. The Kier molecular flexibility index (Phi) is 5.35. The molecule has 0 saturated carbocycles. The highest BCUT2D eigenvalue weighted by Crippen LogP contribution is 2.26. The number of carbonyl (C=O) groups is 1. The van der Waals surface area contributed by atoms with Gasteiger partial charge in [-0.25, -0.2) is 0 Å². The molecule has 26 heavy (non-hydrogen) atoms. The maximum Gasteiger partial charge on any atom is 0.266 e. The Morgan fingerprint density at radius 1 is 1.27 bits per heavy atom. The number of nitriles is 1. The van der Waals surface area contributed by atoms with E-state index in [9.17, 15) is 10.1 Å². The Labute approximate surface area is 152 Å². The molecule has 2 aromatic carbocycles. The molecule has 0 spiro atoms. The third-order valence-electron chi connectivity index (χ3n) is 3.77. The summed E-state index contributed by atoms with van der Waals surface area (Å²) < 4.78 is 11.0. The van der Waals surface area contributed by atoms with Crippen molar-refractivity contribution in [2.45, 2.75) is 6.92 Å². The second kappa shape index (κ2) is 8.04. The number of hydrogen-bond donors (Lipinski definition) is 1. The van der Waals surface area contributed by atoms with Crippen LogP contribution in [-0.2, 0) is 4.79 Å². The fraction of sp³-hybridized carbons (Fsp3) is 0.143. The lowest BCUT2D eigenvalue weighted by atomic mass is 10.1. The summed E-state index contributed by atoms with van der Waals surface area (Å²) in [6.45, 7) is 2.80. The van der Waals surface area contributed by atoms with Crippen LogP contribution in [0.3, 0.4) is 0 Å². The van der Waals surface area contributed by atoms with Crippen LogP contribution in [0.1, 0.15) is 12.5 Å². The summed E-state index contributed by atoms with van der Waals surface area (Å²) in [7, 11) is 0. The van der Waals surface area contributed by atoms with E-state index in [0.717, 1.165) is 22.6 Å². The maximum atomic E-state index is 12.4. The molecule has 1 N–H and O–H groups in total. The molecule has 3 rings (SSSR count). The van der Waals surface area contributed by atoms with Crippen LogP contribution in [0.15, 0.2) is 65.8 Å². The van der Waals surface area contributed by atoms with Gasteiger partial charge in [-0.2, -0.15) is 5.26 Å². The summed E-state index contributed by atoms with van der Waals surface area (Å²) in [5, 5.41) is 12.1. The highest BCUT2D eigenvalue weighted by molar-refractivity contribution is 6.07. The predicted octanol–water partition coefficient (Wildman–Crippen LogP) is 3.95. The molecule has 130 valence electrons. The number of ether oxygens (including phenoxy) is 2. The summed E-state index contributed by atoms with van der Waals surface area (Å²) in [6, 6.07) is 16.6. The normalized spacial score (nSPS) is 12.9. The Hall–Kier alpha value is -3.52. The van der Waals surface area contributed by atoms with E-state index in [1.54, 1.807) is 30.3 Å². The van der Waals surface area contributed by atoms with Gasteiger partial charge in [-0.05, 0) is 55.0 Å². The van der Waals surface area contributed by atoms with E-state index in [1.807, 2.05) is 43.3 Å². The lowest BCUT2D eigenvalue weighted by molar-refractivity contribution is -0.112. The van der Waals surface area contributed by atoms with Gasteiger partial charge in [-0.3, -0.25) is 4.79 Å². The third-order valence-corrected chi connectivity index (χ3v) is 3.77. The number of hydrogen-bond acceptors (Lipinski definition) is 4. The van der Waals surface area contributed by atoms with Crippen molar-refractivity contribution in [3.8, 4) is 17.6 Å². The molecule has 0 bridgehead atoms. The molecule has 1 heterocycles. The molecule has 0 radical (unpaired) electrons. The van der Waals surface area contributed by atoms with Crippen LogP contribution < -0.4 is 14.8 Å². The minimum Gasteiger partial charge on any atom is -0.494 e. The van der Waals surface area contributed by atoms with Gasteiger partial charge < -0.3 is 14.8 Å². The standard InChI is InChI=1S/C21H18N2O3/c1-2-25-19-9-7-18(8-10-19)23-21(24)17(13-22)12-15-11-16-5-3-4-6-20(16)26-14-15/h3-12H,2,14H2,1H3,(H,23,24)/b17-12+. The van der Waals surface area contributed by atoms with Crippen molar-refractivity contribution in [2.24, 2.45) is 0 Å². The van der Waals surface area contributed by atoms with Gasteiger partial charge in [-0.15, -0.1) is 0 Å². The van der Waals surface area contributed by atoms with Gasteiger partial charge in [0, 0.05) is 11.3 Å². The molecule has 5 nitrogen and oxygen atoms in total. The van der Waals surface area contributed by atoms with Gasteiger partial charge in [0.05, 0.1) is 6.61 Å². The first-order chi connectivity index (χ1) is 12.7. The smallest absolute Gasteiger partial charge is 0.266 e. The second-order valence-corrected chi connectivity index (χ2v) is 5.63. The first-order valence-electron chi connectivity index (χ1n) is 8.28. The topological polar surface area (TPSA) is 71.3 Å². The van der Waals surface area contributed by atoms with E-state index >= 15 is 0 Å². The molecule has 0 aliphatic carbocycles. The zero-order valence-corrected chi connectivity index (χ0v) is 14.4. The van der Waals surface area contributed by atoms with Crippen LogP contribution in [-0.4, -0.2) is 19.1 Å². The number of fused-ring (bicyclic) bond motifs is 1. The van der Waals surface area contributed by atoms with Gasteiger partial charge in [0.2, 0.25) is 0 Å². The van der Waals surface area contributed by atoms with E-state index in [0.29, 0.717) is 18.9 Å². The van der Waals surface area contributed by atoms with Crippen molar-refractivity contribution < 1.29 is 14.3 Å². The number of nitrogens with zero attached hydrogens (tertiary/aromatic N) is 1. The number of benzene rings is 2. The van der Waals surface area contributed by atoms with Crippen molar-refractivity contribution in [1.29, 1.82) is 5.26 Å². The third kappa shape index (κ3) is 4.11. The van der Waals surface area contributed by atoms with Crippen molar-refractivity contribution in [2.75, 3.05) is 18.5 Å². The number of carbonyl (C=O) groups excluding carboxylic acids is 1. The van der Waals surface area contributed by atoms with Gasteiger partial charge in [-0.1, -0.05) is 18.2 Å². The Bertz CT molecular complexity index is 906. The quantitative estimate of drug-likeness (QED) is 0.657. The zero-order valence-electron chi connectivity index (χ0n) is 14.4. The van der Waals surface area contributed by atoms with Crippen LogP contribution in [0.5, 0.6) is 11.5 Å². The highest BCUT2D eigenvalue weighted by Gasteiger charge is 2.14. The number of rotatable bonds is 5. The molecule has 1 amide bonds. The minimum atomic E-state index is -0.462. The molecule has 0 atom stereocenters. The second-order valence-electron chi connectivity index (χ2n) is 5.63. The van der Waals surface area contributed by atoms with E-state index in [2.05, 4.69) is 5.32 Å². The van der Waals surface area contributed by atoms with Crippen molar-refractivity contribution in [3.05, 3.63) is 71.3 Å². The molecular weight excluding hydrogens is 328 g/mol. The molecular formula is C21H18N2O3. The van der Waals surface area contributed by atoms with Crippen LogP contribution in [0.4, 0.5) is 5.69 Å². The van der Waals surface area contributed by atoms with E-state index in [4.69, 9.17) is 9.47 Å². The fourth-order valence-electron chi connectivity index (χ4n) is 2.55. The number of para-hydroxylation sites is 1. The molecule has 0 unspecified atom stereocenters. The summed E-state index contributed by atoms with van der Waals surface area (Å²) in [5.74, 6) is 1.06. The molecule has 0 aromatic heterocycles. The monoisotopic (exact) mass is 346 g/mol. The van der Waals surface area contributed by atoms with Gasteiger partial charge >= 0.3 is 0 Å². The first kappa shape index (κ1) is 17.3. The SMILES string of the molecule is CCOc1ccc(NC(=O)/C(C#N)=C/C2=Cc3ccccc3OC2)cc1. The molecule has 5 heteroatoms. The van der Waals surface area contributed by atoms with Crippen molar-refractivity contribution >= 4 is 17.7 Å². The average molecular weight is 346 g/mol. The number of nitrogens with one attached hydrogen (secondary N) is 1. The van der Waals surface area contributed by atoms with Crippen LogP contribution in [0.2, 0.25) is 0 Å². The summed E-state index contributed by atoms with van der Waals surface area (Å²) in [6.07, 6.45) is 3.47. The van der Waals surface area contributed by atoms with E-state index < -0.39 is 5.91 Å². The first-order valence-corrected chi connectivity index (χ1v) is 8.28.